The summed E-state index contributed by atoms with van der Waals surface area (Å²) in [5, 5.41) is 29.2. The Bertz CT molecular complexity index is 864. The Balaban J connectivity index is 2.39. The van der Waals surface area contributed by atoms with Crippen LogP contribution in [-0.4, -0.2) is 15.3 Å². The molecule has 0 bridgehead atoms. The van der Waals surface area contributed by atoms with Gasteiger partial charge in [0.2, 0.25) is 11.2 Å². The molecular formula is C15H10O5. The second-order valence-electron chi connectivity index (χ2n) is 4.31. The predicted molar refractivity (Wildman–Crippen MR) is 72.9 cm³/mol. The minimum Gasteiger partial charge on any atom is -0.508 e. The summed E-state index contributed by atoms with van der Waals surface area (Å²) in [4.78, 5) is 12.1. The van der Waals surface area contributed by atoms with Crippen LogP contribution in [0.4, 0.5) is 0 Å². The first-order valence-corrected chi connectivity index (χ1v) is 5.85. The number of fused-ring (bicyclic) bond motifs is 1. The highest BCUT2D eigenvalue weighted by atomic mass is 16.4. The second-order valence-corrected chi connectivity index (χ2v) is 4.31. The average Bonchev–Trinajstić information content (AvgIpc) is 2.44. The Morgan fingerprint density at radius 1 is 0.950 bits per heavy atom. The van der Waals surface area contributed by atoms with Crippen molar-refractivity contribution >= 4 is 11.0 Å². The molecular weight excluding hydrogens is 260 g/mol. The number of rotatable bonds is 1. The van der Waals surface area contributed by atoms with Crippen LogP contribution in [0.3, 0.4) is 0 Å². The van der Waals surface area contributed by atoms with Gasteiger partial charge in [-0.2, -0.15) is 0 Å². The van der Waals surface area contributed by atoms with Crippen molar-refractivity contribution in [1.29, 1.82) is 0 Å². The Hall–Kier alpha value is -2.95. The number of hydrogen-bond donors (Lipinski definition) is 3. The second kappa shape index (κ2) is 4.31. The molecule has 0 fully saturated rings. The van der Waals surface area contributed by atoms with Gasteiger partial charge in [-0.25, -0.2) is 0 Å². The number of benzene rings is 2. The van der Waals surface area contributed by atoms with Crippen LogP contribution in [0.1, 0.15) is 0 Å². The van der Waals surface area contributed by atoms with E-state index >= 15 is 0 Å². The monoisotopic (exact) mass is 270 g/mol. The first kappa shape index (κ1) is 12.1. The first-order chi connectivity index (χ1) is 9.58. The maximum Gasteiger partial charge on any atom is 0.235 e. The third-order valence-corrected chi connectivity index (χ3v) is 3.00. The fraction of sp³-hybridized carbons (Fsp3) is 0. The fourth-order valence-corrected chi connectivity index (χ4v) is 2.02. The molecule has 5 heteroatoms. The van der Waals surface area contributed by atoms with E-state index in [0.717, 1.165) is 0 Å². The summed E-state index contributed by atoms with van der Waals surface area (Å²) in [5.41, 5.74) is -0.235. The Labute approximate surface area is 113 Å². The molecule has 0 aliphatic rings. The maximum atomic E-state index is 12.1. The molecule has 0 spiro atoms. The summed E-state index contributed by atoms with van der Waals surface area (Å²) >= 11 is 0. The lowest BCUT2D eigenvalue weighted by Gasteiger charge is -2.07. The van der Waals surface area contributed by atoms with Crippen LogP contribution in [0.2, 0.25) is 0 Å². The topological polar surface area (TPSA) is 90.9 Å². The van der Waals surface area contributed by atoms with Crippen molar-refractivity contribution in [3.63, 3.8) is 0 Å². The SMILES string of the molecule is O=c1c(O)c(-c2ccccc2O)oc2ccc(O)cc12. The van der Waals surface area contributed by atoms with E-state index in [-0.39, 0.29) is 33.8 Å². The van der Waals surface area contributed by atoms with E-state index in [9.17, 15) is 20.1 Å². The number of aromatic hydroxyl groups is 3. The van der Waals surface area contributed by atoms with Crippen LogP contribution in [0, 0.1) is 0 Å². The molecule has 3 N–H and O–H groups in total. The summed E-state index contributed by atoms with van der Waals surface area (Å²) in [7, 11) is 0. The molecule has 0 aliphatic carbocycles. The summed E-state index contributed by atoms with van der Waals surface area (Å²) in [6, 6.07) is 10.2. The van der Waals surface area contributed by atoms with E-state index in [2.05, 4.69) is 0 Å². The van der Waals surface area contributed by atoms with Crippen molar-refractivity contribution in [3.8, 4) is 28.6 Å². The number of hydrogen-bond acceptors (Lipinski definition) is 5. The van der Waals surface area contributed by atoms with Crippen LogP contribution in [0.25, 0.3) is 22.3 Å². The van der Waals surface area contributed by atoms with Crippen molar-refractivity contribution in [1.82, 2.24) is 0 Å². The van der Waals surface area contributed by atoms with Gasteiger partial charge in [0, 0.05) is 0 Å². The summed E-state index contributed by atoms with van der Waals surface area (Å²) in [6.45, 7) is 0. The van der Waals surface area contributed by atoms with E-state index in [1.165, 1.54) is 30.3 Å². The van der Waals surface area contributed by atoms with Crippen molar-refractivity contribution in [2.45, 2.75) is 0 Å². The quantitative estimate of drug-likeness (QED) is 0.632. The standard InChI is InChI=1S/C15H10O5/c16-8-5-6-12-10(7-8)13(18)14(19)15(20-12)9-3-1-2-4-11(9)17/h1-7,16-17,19H. The molecule has 2 aromatic carbocycles. The van der Waals surface area contributed by atoms with Crippen LogP contribution < -0.4 is 5.43 Å². The van der Waals surface area contributed by atoms with Gasteiger partial charge in [-0.15, -0.1) is 0 Å². The van der Waals surface area contributed by atoms with Crippen molar-refractivity contribution in [3.05, 3.63) is 52.7 Å². The molecule has 0 amide bonds. The molecule has 0 unspecified atom stereocenters. The highest BCUT2D eigenvalue weighted by Crippen LogP contribution is 2.35. The summed E-state index contributed by atoms with van der Waals surface area (Å²) < 4.78 is 5.47. The molecule has 100 valence electrons. The van der Waals surface area contributed by atoms with Gasteiger partial charge in [0.05, 0.1) is 10.9 Å². The molecule has 3 rings (SSSR count). The van der Waals surface area contributed by atoms with E-state index in [1.54, 1.807) is 12.1 Å². The molecule has 0 radical (unpaired) electrons. The summed E-state index contributed by atoms with van der Waals surface area (Å²) in [6.07, 6.45) is 0. The fourth-order valence-electron chi connectivity index (χ4n) is 2.02. The third-order valence-electron chi connectivity index (χ3n) is 3.00. The van der Waals surface area contributed by atoms with E-state index in [4.69, 9.17) is 4.42 Å². The largest absolute Gasteiger partial charge is 0.508 e. The zero-order valence-corrected chi connectivity index (χ0v) is 10.2. The number of para-hydroxylation sites is 1. The molecule has 5 nitrogen and oxygen atoms in total. The minimum absolute atomic E-state index is 0.0710. The lowest BCUT2D eigenvalue weighted by molar-refractivity contribution is 0.442. The van der Waals surface area contributed by atoms with Gasteiger partial charge in [-0.05, 0) is 30.3 Å². The van der Waals surface area contributed by atoms with Crippen LogP contribution in [-0.2, 0) is 0 Å². The highest BCUT2D eigenvalue weighted by Gasteiger charge is 2.17. The smallest absolute Gasteiger partial charge is 0.235 e. The van der Waals surface area contributed by atoms with Gasteiger partial charge >= 0.3 is 0 Å². The molecule has 0 saturated carbocycles. The molecule has 0 aliphatic heterocycles. The van der Waals surface area contributed by atoms with Gasteiger partial charge < -0.3 is 19.7 Å². The van der Waals surface area contributed by atoms with Crippen LogP contribution in [0.5, 0.6) is 17.2 Å². The van der Waals surface area contributed by atoms with E-state index in [1.807, 2.05) is 0 Å². The highest BCUT2D eigenvalue weighted by molar-refractivity contribution is 5.83. The molecule has 0 saturated heterocycles. The Morgan fingerprint density at radius 2 is 1.70 bits per heavy atom. The molecule has 1 heterocycles. The lowest BCUT2D eigenvalue weighted by atomic mass is 10.1. The maximum absolute atomic E-state index is 12.1. The third kappa shape index (κ3) is 1.76. The van der Waals surface area contributed by atoms with E-state index in [0.29, 0.717) is 0 Å². The molecule has 3 aromatic rings. The van der Waals surface area contributed by atoms with Crippen LogP contribution in [0.15, 0.2) is 51.7 Å². The van der Waals surface area contributed by atoms with Gasteiger partial charge in [-0.1, -0.05) is 12.1 Å². The van der Waals surface area contributed by atoms with Gasteiger partial charge in [0.15, 0.2) is 5.76 Å². The Morgan fingerprint density at radius 3 is 2.45 bits per heavy atom. The number of phenols is 2. The van der Waals surface area contributed by atoms with Crippen molar-refractivity contribution in [2.75, 3.05) is 0 Å². The van der Waals surface area contributed by atoms with Gasteiger partial charge in [-0.3, -0.25) is 4.79 Å². The normalized spacial score (nSPS) is 10.8. The van der Waals surface area contributed by atoms with Crippen molar-refractivity contribution < 1.29 is 19.7 Å². The zero-order chi connectivity index (χ0) is 14.3. The predicted octanol–water partition coefficient (Wildman–Crippen LogP) is 2.58. The van der Waals surface area contributed by atoms with E-state index < -0.39 is 11.2 Å². The number of phenolic OH excluding ortho intramolecular Hbond substituents is 2. The Kier molecular flexibility index (Phi) is 2.61. The van der Waals surface area contributed by atoms with Crippen molar-refractivity contribution in [2.24, 2.45) is 0 Å². The first-order valence-electron chi connectivity index (χ1n) is 5.85. The molecule has 0 atom stereocenters. The average molecular weight is 270 g/mol. The van der Waals surface area contributed by atoms with Gasteiger partial charge in [0.1, 0.15) is 17.1 Å². The zero-order valence-electron chi connectivity index (χ0n) is 10.2. The summed E-state index contributed by atoms with van der Waals surface area (Å²) in [5.74, 6) is -0.917. The van der Waals surface area contributed by atoms with Crippen LogP contribution >= 0.6 is 0 Å². The molecule has 20 heavy (non-hydrogen) atoms. The lowest BCUT2D eigenvalue weighted by Crippen LogP contribution is -2.02. The molecule has 1 aromatic heterocycles. The minimum atomic E-state index is -0.666. The van der Waals surface area contributed by atoms with Gasteiger partial charge in [0.25, 0.3) is 0 Å².